The zero-order chi connectivity index (χ0) is 9.57. The SMILES string of the molecule is CC(N1CC(F)(F)C1)C(C)(C)C. The summed E-state index contributed by atoms with van der Waals surface area (Å²) < 4.78 is 25.0. The Morgan fingerprint density at radius 1 is 1.25 bits per heavy atom. The van der Waals surface area contributed by atoms with Gasteiger partial charge in [0.1, 0.15) is 0 Å². The van der Waals surface area contributed by atoms with E-state index in [0.29, 0.717) is 0 Å². The molecule has 0 aromatic rings. The molecule has 0 N–H and O–H groups in total. The van der Waals surface area contributed by atoms with Gasteiger partial charge in [-0.1, -0.05) is 20.8 Å². The fourth-order valence-corrected chi connectivity index (χ4v) is 1.37. The largest absolute Gasteiger partial charge is 0.288 e. The van der Waals surface area contributed by atoms with Crippen molar-refractivity contribution in [1.29, 1.82) is 0 Å². The molecule has 0 aromatic carbocycles. The highest BCUT2D eigenvalue weighted by molar-refractivity contribution is 4.93. The van der Waals surface area contributed by atoms with Gasteiger partial charge in [-0.15, -0.1) is 0 Å². The van der Waals surface area contributed by atoms with Crippen LogP contribution in [0.3, 0.4) is 0 Å². The standard InChI is InChI=1S/C9H17F2N/c1-7(8(2,3)4)12-5-9(10,11)6-12/h7H,5-6H2,1-4H3. The van der Waals surface area contributed by atoms with Gasteiger partial charge in [-0.05, 0) is 12.3 Å². The molecule has 3 heteroatoms. The number of hydrogen-bond donors (Lipinski definition) is 0. The second kappa shape index (κ2) is 2.66. The van der Waals surface area contributed by atoms with Crippen molar-refractivity contribution in [1.82, 2.24) is 4.90 Å². The second-order valence-corrected chi connectivity index (χ2v) is 4.80. The predicted octanol–water partition coefficient (Wildman–Crippen LogP) is 2.37. The van der Waals surface area contributed by atoms with Crippen LogP contribution in [0.25, 0.3) is 0 Å². The molecule has 1 rings (SSSR count). The van der Waals surface area contributed by atoms with Gasteiger partial charge in [0.2, 0.25) is 0 Å². The molecule has 1 atom stereocenters. The Morgan fingerprint density at radius 3 is 1.92 bits per heavy atom. The summed E-state index contributed by atoms with van der Waals surface area (Å²) in [7, 11) is 0. The van der Waals surface area contributed by atoms with E-state index in [2.05, 4.69) is 20.8 Å². The normalized spacial score (nSPS) is 26.5. The van der Waals surface area contributed by atoms with Gasteiger partial charge in [0.25, 0.3) is 5.92 Å². The maximum Gasteiger partial charge on any atom is 0.272 e. The number of halogens is 2. The molecule has 0 saturated carbocycles. The van der Waals surface area contributed by atoms with Gasteiger partial charge in [0.15, 0.2) is 0 Å². The predicted molar refractivity (Wildman–Crippen MR) is 45.4 cm³/mol. The van der Waals surface area contributed by atoms with E-state index in [1.807, 2.05) is 11.8 Å². The Hall–Kier alpha value is -0.180. The number of rotatable bonds is 1. The zero-order valence-corrected chi connectivity index (χ0v) is 8.19. The first-order valence-electron chi connectivity index (χ1n) is 4.34. The molecule has 1 heterocycles. The van der Waals surface area contributed by atoms with E-state index in [9.17, 15) is 8.78 Å². The third kappa shape index (κ3) is 1.94. The van der Waals surface area contributed by atoms with Crippen molar-refractivity contribution >= 4 is 0 Å². The Bertz CT molecular complexity index is 164. The van der Waals surface area contributed by atoms with Gasteiger partial charge in [-0.2, -0.15) is 0 Å². The van der Waals surface area contributed by atoms with Gasteiger partial charge in [0, 0.05) is 6.04 Å². The Kier molecular flexibility index (Phi) is 2.19. The highest BCUT2D eigenvalue weighted by atomic mass is 19.3. The van der Waals surface area contributed by atoms with Crippen LogP contribution in [0.15, 0.2) is 0 Å². The lowest BCUT2D eigenvalue weighted by molar-refractivity contribution is -0.155. The molecule has 12 heavy (non-hydrogen) atoms. The van der Waals surface area contributed by atoms with Crippen LogP contribution in [0.2, 0.25) is 0 Å². The van der Waals surface area contributed by atoms with E-state index in [4.69, 9.17) is 0 Å². The number of likely N-dealkylation sites (tertiary alicyclic amines) is 1. The van der Waals surface area contributed by atoms with Crippen LogP contribution in [0.4, 0.5) is 8.78 Å². The summed E-state index contributed by atoms with van der Waals surface area (Å²) in [4.78, 5) is 1.83. The molecule has 0 radical (unpaired) electrons. The molecule has 0 spiro atoms. The Balaban J connectivity index is 2.43. The lowest BCUT2D eigenvalue weighted by Gasteiger charge is -2.47. The average Bonchev–Trinajstić information content (AvgIpc) is 1.78. The maximum absolute atomic E-state index is 12.5. The molecule has 0 aliphatic carbocycles. The van der Waals surface area contributed by atoms with E-state index in [1.165, 1.54) is 0 Å². The van der Waals surface area contributed by atoms with Crippen LogP contribution in [0.5, 0.6) is 0 Å². The van der Waals surface area contributed by atoms with Crippen LogP contribution >= 0.6 is 0 Å². The molecule has 1 unspecified atom stereocenters. The molecule has 72 valence electrons. The minimum Gasteiger partial charge on any atom is -0.288 e. The lowest BCUT2D eigenvalue weighted by atomic mass is 9.85. The van der Waals surface area contributed by atoms with Gasteiger partial charge < -0.3 is 0 Å². The second-order valence-electron chi connectivity index (χ2n) is 4.80. The minimum atomic E-state index is -2.43. The first-order valence-corrected chi connectivity index (χ1v) is 4.34. The summed E-state index contributed by atoms with van der Waals surface area (Å²) in [5.74, 6) is -2.43. The summed E-state index contributed by atoms with van der Waals surface area (Å²) in [5.41, 5.74) is 0.0938. The molecule has 0 bridgehead atoms. The van der Waals surface area contributed by atoms with Crippen LogP contribution in [0, 0.1) is 5.41 Å². The third-order valence-electron chi connectivity index (χ3n) is 2.67. The summed E-state index contributed by atoms with van der Waals surface area (Å²) in [6.07, 6.45) is 0. The summed E-state index contributed by atoms with van der Waals surface area (Å²) >= 11 is 0. The van der Waals surface area contributed by atoms with Gasteiger partial charge >= 0.3 is 0 Å². The van der Waals surface area contributed by atoms with Crippen LogP contribution in [-0.4, -0.2) is 30.0 Å². The first-order chi connectivity index (χ1) is 5.22. The maximum atomic E-state index is 12.5. The fraction of sp³-hybridized carbons (Fsp3) is 1.00. The highest BCUT2D eigenvalue weighted by Gasteiger charge is 2.47. The summed E-state index contributed by atoms with van der Waals surface area (Å²) in [6, 6.07) is 0.233. The highest BCUT2D eigenvalue weighted by Crippen LogP contribution is 2.34. The van der Waals surface area contributed by atoms with E-state index in [-0.39, 0.29) is 24.5 Å². The number of hydrogen-bond acceptors (Lipinski definition) is 1. The zero-order valence-electron chi connectivity index (χ0n) is 8.19. The van der Waals surface area contributed by atoms with E-state index >= 15 is 0 Å². The van der Waals surface area contributed by atoms with E-state index in [1.54, 1.807) is 0 Å². The molecule has 1 aliphatic rings. The fourth-order valence-electron chi connectivity index (χ4n) is 1.37. The van der Waals surface area contributed by atoms with E-state index < -0.39 is 5.92 Å². The first kappa shape index (κ1) is 9.90. The summed E-state index contributed by atoms with van der Waals surface area (Å²) in [6.45, 7) is 8.11. The molecule has 0 aromatic heterocycles. The number of nitrogens with zero attached hydrogens (tertiary/aromatic N) is 1. The third-order valence-corrected chi connectivity index (χ3v) is 2.67. The van der Waals surface area contributed by atoms with E-state index in [0.717, 1.165) is 0 Å². The average molecular weight is 177 g/mol. The van der Waals surface area contributed by atoms with Crippen molar-refractivity contribution < 1.29 is 8.78 Å². The Morgan fingerprint density at radius 2 is 1.67 bits per heavy atom. The molecular formula is C9H17F2N. The molecular weight excluding hydrogens is 160 g/mol. The molecule has 1 saturated heterocycles. The topological polar surface area (TPSA) is 3.24 Å². The van der Waals surface area contributed by atoms with Crippen molar-refractivity contribution in [3.05, 3.63) is 0 Å². The molecule has 1 aliphatic heterocycles. The number of alkyl halides is 2. The van der Waals surface area contributed by atoms with Crippen molar-refractivity contribution in [2.75, 3.05) is 13.1 Å². The van der Waals surface area contributed by atoms with Gasteiger partial charge in [0.05, 0.1) is 13.1 Å². The quantitative estimate of drug-likeness (QED) is 0.594. The van der Waals surface area contributed by atoms with Gasteiger partial charge in [-0.3, -0.25) is 4.90 Å². The van der Waals surface area contributed by atoms with Crippen LogP contribution in [-0.2, 0) is 0 Å². The molecule has 0 amide bonds. The van der Waals surface area contributed by atoms with Crippen molar-refractivity contribution in [3.63, 3.8) is 0 Å². The monoisotopic (exact) mass is 177 g/mol. The smallest absolute Gasteiger partial charge is 0.272 e. The van der Waals surface area contributed by atoms with Crippen LogP contribution < -0.4 is 0 Å². The Labute approximate surface area is 72.7 Å². The van der Waals surface area contributed by atoms with Gasteiger partial charge in [-0.25, -0.2) is 8.78 Å². The van der Waals surface area contributed by atoms with Crippen molar-refractivity contribution in [2.24, 2.45) is 5.41 Å². The van der Waals surface area contributed by atoms with Crippen LogP contribution in [0.1, 0.15) is 27.7 Å². The molecule has 1 fully saturated rings. The lowest BCUT2D eigenvalue weighted by Crippen LogP contribution is -2.61. The van der Waals surface area contributed by atoms with Crippen molar-refractivity contribution in [2.45, 2.75) is 39.7 Å². The minimum absolute atomic E-state index is 0.0641. The summed E-state index contributed by atoms with van der Waals surface area (Å²) in [5, 5.41) is 0. The molecule has 1 nitrogen and oxygen atoms in total. The van der Waals surface area contributed by atoms with Crippen molar-refractivity contribution in [3.8, 4) is 0 Å².